The van der Waals surface area contributed by atoms with Gasteiger partial charge in [0.25, 0.3) is 5.91 Å². The number of hydrogen-bond donors (Lipinski definition) is 1. The van der Waals surface area contributed by atoms with Crippen molar-refractivity contribution in [3.63, 3.8) is 0 Å². The fraction of sp³-hybridized carbons (Fsp3) is 0.364. The average molecular weight is 319 g/mol. The van der Waals surface area contributed by atoms with Crippen molar-refractivity contribution in [3.05, 3.63) is 38.9 Å². The van der Waals surface area contributed by atoms with Crippen LogP contribution in [0.3, 0.4) is 0 Å². The lowest BCUT2D eigenvalue weighted by atomic mass is 10.1. The molecule has 1 atom stereocenters. The molecule has 1 saturated heterocycles. The van der Waals surface area contributed by atoms with Crippen LogP contribution in [0.2, 0.25) is 5.02 Å². The highest BCUT2D eigenvalue weighted by Crippen LogP contribution is 2.28. The summed E-state index contributed by atoms with van der Waals surface area (Å²) in [5, 5.41) is 13.3. The van der Waals surface area contributed by atoms with Gasteiger partial charge in [0, 0.05) is 6.04 Å². The van der Waals surface area contributed by atoms with Crippen molar-refractivity contribution in [1.82, 2.24) is 5.32 Å². The van der Waals surface area contributed by atoms with Crippen LogP contribution in [0.4, 0.5) is 5.69 Å². The van der Waals surface area contributed by atoms with Crippen LogP contribution in [-0.4, -0.2) is 36.8 Å². The summed E-state index contributed by atoms with van der Waals surface area (Å²) < 4.78 is 22.6. The number of rotatable bonds is 3. The molecule has 0 aromatic heterocycles. The number of nitrogens with zero attached hydrogens (tertiary/aromatic N) is 1. The van der Waals surface area contributed by atoms with E-state index in [4.69, 9.17) is 11.6 Å². The third-order valence-corrected chi connectivity index (χ3v) is 5.05. The predicted octanol–water partition coefficient (Wildman–Crippen LogP) is 1.17. The van der Waals surface area contributed by atoms with Gasteiger partial charge in [0.05, 0.1) is 16.4 Å². The molecule has 1 heterocycles. The molecule has 2 rings (SSSR count). The number of benzene rings is 1. The molecule has 9 heteroatoms. The van der Waals surface area contributed by atoms with Gasteiger partial charge in [-0.3, -0.25) is 14.9 Å². The molecular weight excluding hydrogens is 308 g/mol. The lowest BCUT2D eigenvalue weighted by Crippen LogP contribution is -2.35. The Hall–Kier alpha value is -1.67. The molecular formula is C11H11ClN2O5S. The fourth-order valence-electron chi connectivity index (χ4n) is 2.06. The van der Waals surface area contributed by atoms with Crippen LogP contribution in [0.15, 0.2) is 18.2 Å². The highest BCUT2D eigenvalue weighted by atomic mass is 35.5. The van der Waals surface area contributed by atoms with Crippen LogP contribution in [0, 0.1) is 10.1 Å². The zero-order valence-corrected chi connectivity index (χ0v) is 11.8. The van der Waals surface area contributed by atoms with Crippen LogP contribution in [0.5, 0.6) is 0 Å². The minimum atomic E-state index is -3.13. The molecule has 1 aliphatic rings. The van der Waals surface area contributed by atoms with Crippen LogP contribution < -0.4 is 5.32 Å². The van der Waals surface area contributed by atoms with Gasteiger partial charge >= 0.3 is 5.69 Å². The summed E-state index contributed by atoms with van der Waals surface area (Å²) >= 11 is 5.71. The number of amides is 1. The van der Waals surface area contributed by atoms with E-state index in [1.165, 1.54) is 18.2 Å². The van der Waals surface area contributed by atoms with Crippen molar-refractivity contribution in [2.75, 3.05) is 11.5 Å². The van der Waals surface area contributed by atoms with E-state index in [2.05, 4.69) is 5.32 Å². The Balaban J connectivity index is 2.22. The summed E-state index contributed by atoms with van der Waals surface area (Å²) in [6.45, 7) is 0. The van der Waals surface area contributed by atoms with Crippen LogP contribution in [0.25, 0.3) is 0 Å². The minimum Gasteiger partial charge on any atom is -0.348 e. The Labute approximate surface area is 120 Å². The molecule has 0 spiro atoms. The smallest absolute Gasteiger partial charge is 0.300 e. The summed E-state index contributed by atoms with van der Waals surface area (Å²) in [7, 11) is -3.13. The molecule has 1 aromatic rings. The third kappa shape index (κ3) is 3.07. The molecule has 20 heavy (non-hydrogen) atoms. The van der Waals surface area contributed by atoms with Gasteiger partial charge in [0.1, 0.15) is 10.6 Å². The van der Waals surface area contributed by atoms with Crippen LogP contribution >= 0.6 is 11.6 Å². The molecule has 1 amide bonds. The first-order valence-corrected chi connectivity index (χ1v) is 7.94. The summed E-state index contributed by atoms with van der Waals surface area (Å²) in [5.41, 5.74) is -0.653. The number of carbonyl (C=O) groups is 1. The molecule has 1 N–H and O–H groups in total. The van der Waals surface area contributed by atoms with Gasteiger partial charge in [-0.1, -0.05) is 17.7 Å². The standard InChI is InChI=1S/C11H11ClN2O5S/c12-9-3-1-2-8(10(9)14(16)17)11(15)13-7-4-5-20(18,19)6-7/h1-3,7H,4-6H2,(H,13,15). The lowest BCUT2D eigenvalue weighted by Gasteiger charge is -2.11. The first-order valence-electron chi connectivity index (χ1n) is 5.74. The fourth-order valence-corrected chi connectivity index (χ4v) is 3.97. The Morgan fingerprint density at radius 2 is 2.15 bits per heavy atom. The summed E-state index contributed by atoms with van der Waals surface area (Å²) in [6.07, 6.45) is 0.308. The Kier molecular flexibility index (Phi) is 3.96. The van der Waals surface area contributed by atoms with Crippen molar-refractivity contribution >= 4 is 33.0 Å². The molecule has 0 saturated carbocycles. The van der Waals surface area contributed by atoms with Crippen molar-refractivity contribution in [2.24, 2.45) is 0 Å². The molecule has 0 aliphatic carbocycles. The third-order valence-electron chi connectivity index (χ3n) is 2.98. The van der Waals surface area contributed by atoms with Crippen molar-refractivity contribution in [3.8, 4) is 0 Å². The second-order valence-corrected chi connectivity index (χ2v) is 7.10. The van der Waals surface area contributed by atoms with E-state index in [9.17, 15) is 23.3 Å². The number of carbonyl (C=O) groups excluding carboxylic acids is 1. The largest absolute Gasteiger partial charge is 0.348 e. The summed E-state index contributed by atoms with van der Waals surface area (Å²) in [5.74, 6) is -0.829. The summed E-state index contributed by atoms with van der Waals surface area (Å²) in [4.78, 5) is 22.2. The van der Waals surface area contributed by atoms with Gasteiger partial charge in [0.2, 0.25) is 0 Å². The maximum Gasteiger partial charge on any atom is 0.300 e. The molecule has 1 aromatic carbocycles. The van der Waals surface area contributed by atoms with Crippen LogP contribution in [0.1, 0.15) is 16.8 Å². The monoisotopic (exact) mass is 318 g/mol. The van der Waals surface area contributed by atoms with E-state index in [1.54, 1.807) is 0 Å². The number of sulfone groups is 1. The number of nitro groups is 1. The first kappa shape index (κ1) is 14.7. The average Bonchev–Trinajstić information content (AvgIpc) is 2.67. The topological polar surface area (TPSA) is 106 Å². The molecule has 1 unspecified atom stereocenters. The highest BCUT2D eigenvalue weighted by molar-refractivity contribution is 7.91. The zero-order valence-electron chi connectivity index (χ0n) is 10.2. The highest BCUT2D eigenvalue weighted by Gasteiger charge is 2.31. The SMILES string of the molecule is O=C(NC1CCS(=O)(=O)C1)c1cccc(Cl)c1[N+](=O)[O-]. The van der Waals surface area contributed by atoms with Gasteiger partial charge in [0.15, 0.2) is 9.84 Å². The van der Waals surface area contributed by atoms with Crippen molar-refractivity contribution < 1.29 is 18.1 Å². The molecule has 0 bridgehead atoms. The lowest BCUT2D eigenvalue weighted by molar-refractivity contribution is -0.385. The minimum absolute atomic E-state index is 0.00951. The number of halogens is 1. The first-order chi connectivity index (χ1) is 9.30. The second-order valence-electron chi connectivity index (χ2n) is 4.47. The Morgan fingerprint density at radius 1 is 1.45 bits per heavy atom. The van der Waals surface area contributed by atoms with E-state index in [-0.39, 0.29) is 22.1 Å². The Morgan fingerprint density at radius 3 is 2.70 bits per heavy atom. The number of hydrogen-bond acceptors (Lipinski definition) is 5. The van der Waals surface area contributed by atoms with Gasteiger partial charge in [-0.05, 0) is 18.6 Å². The normalized spacial score (nSPS) is 20.6. The van der Waals surface area contributed by atoms with E-state index in [1.807, 2.05) is 0 Å². The van der Waals surface area contributed by atoms with E-state index >= 15 is 0 Å². The van der Waals surface area contributed by atoms with Gasteiger partial charge in [-0.2, -0.15) is 0 Å². The molecule has 1 fully saturated rings. The van der Waals surface area contributed by atoms with Crippen LogP contribution in [-0.2, 0) is 9.84 Å². The number of nitro benzene ring substituents is 1. The quantitative estimate of drug-likeness (QED) is 0.665. The maximum atomic E-state index is 12.0. The number of para-hydroxylation sites is 1. The van der Waals surface area contributed by atoms with Gasteiger partial charge < -0.3 is 5.32 Å². The number of nitrogens with one attached hydrogen (secondary N) is 1. The summed E-state index contributed by atoms with van der Waals surface area (Å²) in [6, 6.07) is 3.50. The van der Waals surface area contributed by atoms with E-state index in [0.717, 1.165) is 0 Å². The Bertz CT molecular complexity index is 673. The second kappa shape index (κ2) is 5.37. The van der Waals surface area contributed by atoms with Crippen molar-refractivity contribution in [1.29, 1.82) is 0 Å². The molecule has 7 nitrogen and oxygen atoms in total. The maximum absolute atomic E-state index is 12.0. The van der Waals surface area contributed by atoms with Crippen molar-refractivity contribution in [2.45, 2.75) is 12.5 Å². The zero-order chi connectivity index (χ0) is 14.9. The van der Waals surface area contributed by atoms with E-state index in [0.29, 0.717) is 6.42 Å². The molecule has 0 radical (unpaired) electrons. The molecule has 108 valence electrons. The predicted molar refractivity (Wildman–Crippen MR) is 72.6 cm³/mol. The van der Waals surface area contributed by atoms with Gasteiger partial charge in [-0.15, -0.1) is 0 Å². The van der Waals surface area contributed by atoms with Gasteiger partial charge in [-0.25, -0.2) is 8.42 Å². The molecule has 1 aliphatic heterocycles. The van der Waals surface area contributed by atoms with E-state index < -0.39 is 32.4 Å².